The summed E-state index contributed by atoms with van der Waals surface area (Å²) in [6.45, 7) is 4.66. The minimum Gasteiger partial charge on any atom is -0.366 e. The average molecular weight is 259 g/mol. The molecule has 1 atom stereocenters. The molecular formula is C15H21N3O. The van der Waals surface area contributed by atoms with Crippen LogP contribution in [0.15, 0.2) is 24.3 Å². The molecule has 1 amide bonds. The molecule has 2 aliphatic rings. The van der Waals surface area contributed by atoms with Gasteiger partial charge in [0.1, 0.15) is 0 Å². The maximum absolute atomic E-state index is 11.1. The van der Waals surface area contributed by atoms with Crippen LogP contribution in [-0.2, 0) is 6.54 Å². The van der Waals surface area contributed by atoms with Gasteiger partial charge in [-0.1, -0.05) is 12.1 Å². The Morgan fingerprint density at radius 2 is 1.89 bits per heavy atom. The number of nitrogens with two attached hydrogens (primary N) is 1. The van der Waals surface area contributed by atoms with E-state index in [9.17, 15) is 4.79 Å². The first-order valence-electron chi connectivity index (χ1n) is 7.11. The molecule has 19 heavy (non-hydrogen) atoms. The lowest BCUT2D eigenvalue weighted by atomic mass is 10.1. The lowest BCUT2D eigenvalue weighted by molar-refractivity contribution is 0.0287. The fourth-order valence-corrected chi connectivity index (χ4v) is 3.30. The first-order chi connectivity index (χ1) is 9.24. The van der Waals surface area contributed by atoms with E-state index in [2.05, 4.69) is 9.80 Å². The average Bonchev–Trinajstić information content (AvgIpc) is 2.89. The summed E-state index contributed by atoms with van der Waals surface area (Å²) in [6, 6.07) is 7.70. The van der Waals surface area contributed by atoms with Gasteiger partial charge in [-0.25, -0.2) is 0 Å². The molecule has 2 N–H and O–H groups in total. The van der Waals surface area contributed by atoms with Crippen LogP contribution in [0.4, 0.5) is 0 Å². The van der Waals surface area contributed by atoms with E-state index in [1.54, 1.807) is 0 Å². The minimum atomic E-state index is -0.355. The Morgan fingerprint density at radius 3 is 2.63 bits per heavy atom. The van der Waals surface area contributed by atoms with Crippen LogP contribution in [0.3, 0.4) is 0 Å². The van der Waals surface area contributed by atoms with Crippen molar-refractivity contribution < 1.29 is 4.79 Å². The number of primary amides is 1. The Morgan fingerprint density at radius 1 is 1.16 bits per heavy atom. The van der Waals surface area contributed by atoms with E-state index in [0.29, 0.717) is 11.7 Å². The molecule has 2 heterocycles. The summed E-state index contributed by atoms with van der Waals surface area (Å²) in [5, 5.41) is 0. The molecule has 0 spiro atoms. The second-order valence-electron chi connectivity index (χ2n) is 5.54. The standard InChI is InChI=1S/C15H21N3O/c16-15(19)13-6-4-12(5-7-13)11-18-10-2-9-17-8-1-3-14(17)18/h4-7,14H,1-3,8-11H2,(H2,16,19). The van der Waals surface area contributed by atoms with E-state index in [4.69, 9.17) is 5.73 Å². The summed E-state index contributed by atoms with van der Waals surface area (Å²) in [7, 11) is 0. The van der Waals surface area contributed by atoms with Gasteiger partial charge in [0.25, 0.3) is 0 Å². The first kappa shape index (κ1) is 12.6. The number of hydrogen-bond donors (Lipinski definition) is 1. The Balaban J connectivity index is 1.68. The second kappa shape index (κ2) is 5.31. The molecule has 1 unspecified atom stereocenters. The highest BCUT2D eigenvalue weighted by Crippen LogP contribution is 2.26. The summed E-state index contributed by atoms with van der Waals surface area (Å²) < 4.78 is 0. The molecule has 0 saturated carbocycles. The van der Waals surface area contributed by atoms with Crippen LogP contribution in [-0.4, -0.2) is 41.5 Å². The topological polar surface area (TPSA) is 49.6 Å². The van der Waals surface area contributed by atoms with Gasteiger partial charge in [0, 0.05) is 25.2 Å². The van der Waals surface area contributed by atoms with E-state index in [-0.39, 0.29) is 5.91 Å². The normalized spacial score (nSPS) is 24.3. The zero-order valence-corrected chi connectivity index (χ0v) is 11.2. The van der Waals surface area contributed by atoms with Crippen molar-refractivity contribution in [3.63, 3.8) is 0 Å². The third kappa shape index (κ3) is 2.65. The fraction of sp³-hybridized carbons (Fsp3) is 0.533. The van der Waals surface area contributed by atoms with Crippen LogP contribution in [0.25, 0.3) is 0 Å². The lowest BCUT2D eigenvalue weighted by Gasteiger charge is -2.40. The Labute approximate surface area is 114 Å². The number of nitrogens with zero attached hydrogens (tertiary/aromatic N) is 2. The SMILES string of the molecule is NC(=O)c1ccc(CN2CCCN3CCCC32)cc1. The largest absolute Gasteiger partial charge is 0.366 e. The van der Waals surface area contributed by atoms with Crippen molar-refractivity contribution in [1.29, 1.82) is 0 Å². The van der Waals surface area contributed by atoms with Gasteiger partial charge in [0.05, 0.1) is 6.17 Å². The fourth-order valence-electron chi connectivity index (χ4n) is 3.30. The zero-order chi connectivity index (χ0) is 13.2. The molecule has 0 bridgehead atoms. The third-order valence-electron chi connectivity index (χ3n) is 4.27. The molecule has 0 aromatic heterocycles. The highest BCUT2D eigenvalue weighted by atomic mass is 16.1. The Bertz CT molecular complexity index is 457. The molecule has 3 rings (SSSR count). The molecule has 4 heteroatoms. The predicted octanol–water partition coefficient (Wildman–Crippen LogP) is 1.41. The number of hydrogen-bond acceptors (Lipinski definition) is 3. The number of carbonyl (C=O) groups is 1. The van der Waals surface area contributed by atoms with Crippen molar-refractivity contribution in [2.24, 2.45) is 5.73 Å². The minimum absolute atomic E-state index is 0.355. The van der Waals surface area contributed by atoms with E-state index < -0.39 is 0 Å². The van der Waals surface area contributed by atoms with Crippen molar-refractivity contribution >= 4 is 5.91 Å². The zero-order valence-electron chi connectivity index (χ0n) is 11.2. The van der Waals surface area contributed by atoms with E-state index in [1.165, 1.54) is 44.5 Å². The van der Waals surface area contributed by atoms with Crippen LogP contribution >= 0.6 is 0 Å². The van der Waals surface area contributed by atoms with Gasteiger partial charge in [-0.3, -0.25) is 14.6 Å². The Hall–Kier alpha value is -1.39. The van der Waals surface area contributed by atoms with E-state index in [0.717, 1.165) is 6.54 Å². The Kier molecular flexibility index (Phi) is 3.53. The molecule has 1 aromatic rings. The smallest absolute Gasteiger partial charge is 0.248 e. The van der Waals surface area contributed by atoms with Crippen LogP contribution < -0.4 is 5.73 Å². The molecular weight excluding hydrogens is 238 g/mol. The molecule has 0 aliphatic carbocycles. The maximum Gasteiger partial charge on any atom is 0.248 e. The molecule has 4 nitrogen and oxygen atoms in total. The first-order valence-corrected chi connectivity index (χ1v) is 7.11. The highest BCUT2D eigenvalue weighted by Gasteiger charge is 2.32. The van der Waals surface area contributed by atoms with Gasteiger partial charge in [-0.15, -0.1) is 0 Å². The van der Waals surface area contributed by atoms with Crippen molar-refractivity contribution in [2.45, 2.75) is 32.0 Å². The van der Waals surface area contributed by atoms with Crippen molar-refractivity contribution in [3.05, 3.63) is 35.4 Å². The van der Waals surface area contributed by atoms with Crippen LogP contribution in [0.2, 0.25) is 0 Å². The molecule has 2 fully saturated rings. The number of benzene rings is 1. The molecule has 1 aromatic carbocycles. The van der Waals surface area contributed by atoms with Crippen molar-refractivity contribution in [2.75, 3.05) is 19.6 Å². The molecule has 2 saturated heterocycles. The summed E-state index contributed by atoms with van der Waals surface area (Å²) in [4.78, 5) is 16.2. The molecule has 2 aliphatic heterocycles. The van der Waals surface area contributed by atoms with Gasteiger partial charge in [0.15, 0.2) is 0 Å². The maximum atomic E-state index is 11.1. The number of carbonyl (C=O) groups excluding carboxylic acids is 1. The quantitative estimate of drug-likeness (QED) is 0.893. The molecule has 0 radical (unpaired) electrons. The summed E-state index contributed by atoms with van der Waals surface area (Å²) in [5.74, 6) is -0.355. The monoisotopic (exact) mass is 259 g/mol. The summed E-state index contributed by atoms with van der Waals surface area (Å²) in [5.41, 5.74) is 7.11. The number of fused-ring (bicyclic) bond motifs is 1. The van der Waals surface area contributed by atoms with Crippen LogP contribution in [0.5, 0.6) is 0 Å². The summed E-state index contributed by atoms with van der Waals surface area (Å²) >= 11 is 0. The second-order valence-corrected chi connectivity index (χ2v) is 5.54. The van der Waals surface area contributed by atoms with Crippen molar-refractivity contribution in [3.8, 4) is 0 Å². The van der Waals surface area contributed by atoms with E-state index >= 15 is 0 Å². The van der Waals surface area contributed by atoms with Crippen LogP contribution in [0.1, 0.15) is 35.2 Å². The van der Waals surface area contributed by atoms with Gasteiger partial charge in [-0.2, -0.15) is 0 Å². The highest BCUT2D eigenvalue weighted by molar-refractivity contribution is 5.92. The van der Waals surface area contributed by atoms with Crippen LogP contribution in [0, 0.1) is 0 Å². The number of amides is 1. The van der Waals surface area contributed by atoms with Gasteiger partial charge in [0.2, 0.25) is 5.91 Å². The predicted molar refractivity (Wildman–Crippen MR) is 74.6 cm³/mol. The summed E-state index contributed by atoms with van der Waals surface area (Å²) in [6.07, 6.45) is 4.50. The lowest BCUT2D eigenvalue weighted by Crippen LogP contribution is -2.49. The van der Waals surface area contributed by atoms with E-state index in [1.807, 2.05) is 24.3 Å². The molecule has 102 valence electrons. The van der Waals surface area contributed by atoms with Gasteiger partial charge in [-0.05, 0) is 43.5 Å². The van der Waals surface area contributed by atoms with Crippen molar-refractivity contribution in [1.82, 2.24) is 9.80 Å². The van der Waals surface area contributed by atoms with Gasteiger partial charge < -0.3 is 5.73 Å². The van der Waals surface area contributed by atoms with Gasteiger partial charge >= 0.3 is 0 Å². The number of rotatable bonds is 3. The third-order valence-corrected chi connectivity index (χ3v) is 4.27.